The smallest absolute Gasteiger partial charge is 0.408 e. The second-order valence-electron chi connectivity index (χ2n) is 5.69. The van der Waals surface area contributed by atoms with E-state index >= 15 is 0 Å². The number of amides is 1. The van der Waals surface area contributed by atoms with Crippen LogP contribution < -0.4 is 5.32 Å². The van der Waals surface area contributed by atoms with Gasteiger partial charge >= 0.3 is 18.0 Å². The fraction of sp³-hybridized carbons (Fsp3) is 0.750. The number of nitrogens with one attached hydrogen (secondary N) is 1. The van der Waals surface area contributed by atoms with Crippen molar-refractivity contribution in [3.8, 4) is 0 Å². The van der Waals surface area contributed by atoms with Gasteiger partial charge in [-0.2, -0.15) is 8.42 Å². The summed E-state index contributed by atoms with van der Waals surface area (Å²) in [5.74, 6) is -3.35. The Hall–Kier alpha value is -1.88. The molecule has 0 rings (SSSR count). The summed E-state index contributed by atoms with van der Waals surface area (Å²) in [5, 5.41) is 11.1. The number of aliphatic carboxylic acids is 1. The van der Waals surface area contributed by atoms with Crippen LogP contribution in [0.25, 0.3) is 0 Å². The molecule has 0 aromatic heterocycles. The fourth-order valence-corrected chi connectivity index (χ4v) is 1.79. The zero-order valence-corrected chi connectivity index (χ0v) is 14.0. The molecular weight excluding hydrogens is 334 g/mol. The summed E-state index contributed by atoms with van der Waals surface area (Å²) in [5.41, 5.74) is -0.845. The minimum absolute atomic E-state index is 0.651. The van der Waals surface area contributed by atoms with Crippen LogP contribution in [-0.2, 0) is 29.2 Å². The highest BCUT2D eigenvalue weighted by atomic mass is 32.2. The lowest BCUT2D eigenvalue weighted by atomic mass is 10.2. The van der Waals surface area contributed by atoms with E-state index < -0.39 is 58.1 Å². The van der Waals surface area contributed by atoms with Crippen molar-refractivity contribution in [3.05, 3.63) is 0 Å². The number of hydrogen-bond acceptors (Lipinski definition) is 7. The summed E-state index contributed by atoms with van der Waals surface area (Å²) >= 11 is 0. The first-order valence-electron chi connectivity index (χ1n) is 6.58. The molecule has 3 N–H and O–H groups in total. The molecule has 0 radical (unpaired) electrons. The molecule has 134 valence electrons. The van der Waals surface area contributed by atoms with Gasteiger partial charge in [0.2, 0.25) is 0 Å². The standard InChI is InChI=1S/C12H21NO9S/c1-7(21-8(14)5-6-23(18,19)20)9(10(15)16)13-11(17)22-12(2,3)4/h7,9H,5-6H2,1-4H3,(H,13,17)(H,15,16)(H,18,19,20). The Bertz CT molecular complexity index is 549. The average Bonchev–Trinajstić information content (AvgIpc) is 2.29. The fourth-order valence-electron chi connectivity index (χ4n) is 1.36. The van der Waals surface area contributed by atoms with Gasteiger partial charge in [0.15, 0.2) is 6.04 Å². The Kier molecular flexibility index (Phi) is 7.44. The maximum atomic E-state index is 11.6. The minimum atomic E-state index is -4.34. The molecule has 2 unspecified atom stereocenters. The second kappa shape index (κ2) is 8.11. The minimum Gasteiger partial charge on any atom is -0.480 e. The summed E-state index contributed by atoms with van der Waals surface area (Å²) in [7, 11) is -4.34. The first-order valence-corrected chi connectivity index (χ1v) is 8.19. The number of ether oxygens (including phenoxy) is 2. The molecule has 11 heteroatoms. The SMILES string of the molecule is CC(OC(=O)CCS(=O)(=O)O)C(NC(=O)OC(C)(C)C)C(=O)O. The van der Waals surface area contributed by atoms with E-state index in [2.05, 4.69) is 0 Å². The molecule has 0 bridgehead atoms. The number of carbonyl (C=O) groups excluding carboxylic acids is 2. The Balaban J connectivity index is 4.68. The highest BCUT2D eigenvalue weighted by Crippen LogP contribution is 2.08. The van der Waals surface area contributed by atoms with Crippen LogP contribution in [0.4, 0.5) is 4.79 Å². The third-order valence-corrected chi connectivity index (χ3v) is 3.01. The maximum absolute atomic E-state index is 11.6. The first-order chi connectivity index (χ1) is 10.2. The molecule has 0 fully saturated rings. The van der Waals surface area contributed by atoms with Gasteiger partial charge in [-0.1, -0.05) is 0 Å². The van der Waals surface area contributed by atoms with Gasteiger partial charge in [0.25, 0.3) is 10.1 Å². The van der Waals surface area contributed by atoms with Crippen molar-refractivity contribution in [2.24, 2.45) is 0 Å². The van der Waals surface area contributed by atoms with E-state index in [1.54, 1.807) is 20.8 Å². The van der Waals surface area contributed by atoms with Crippen molar-refractivity contribution < 1.29 is 41.9 Å². The van der Waals surface area contributed by atoms with Crippen LogP contribution in [0.3, 0.4) is 0 Å². The molecular formula is C12H21NO9S. The number of alkyl carbamates (subject to hydrolysis) is 1. The van der Waals surface area contributed by atoms with Crippen LogP contribution in [0.5, 0.6) is 0 Å². The monoisotopic (exact) mass is 355 g/mol. The van der Waals surface area contributed by atoms with E-state index in [4.69, 9.17) is 19.1 Å². The van der Waals surface area contributed by atoms with Gasteiger partial charge in [0.05, 0.1) is 12.2 Å². The summed E-state index contributed by atoms with van der Waals surface area (Å²) in [4.78, 5) is 34.1. The van der Waals surface area contributed by atoms with E-state index in [0.29, 0.717) is 0 Å². The Labute approximate surface area is 133 Å². The molecule has 0 saturated carbocycles. The third kappa shape index (κ3) is 10.5. The van der Waals surface area contributed by atoms with Gasteiger partial charge in [-0.15, -0.1) is 0 Å². The molecule has 23 heavy (non-hydrogen) atoms. The second-order valence-corrected chi connectivity index (χ2v) is 7.27. The van der Waals surface area contributed by atoms with E-state index in [1.165, 1.54) is 6.92 Å². The summed E-state index contributed by atoms with van der Waals surface area (Å²) in [6, 6.07) is -1.58. The number of hydrogen-bond donors (Lipinski definition) is 3. The van der Waals surface area contributed by atoms with Crippen LogP contribution in [0.1, 0.15) is 34.1 Å². The van der Waals surface area contributed by atoms with Crippen molar-refractivity contribution in [2.45, 2.75) is 51.9 Å². The number of carbonyl (C=O) groups is 3. The molecule has 0 saturated heterocycles. The van der Waals surface area contributed by atoms with E-state index in [0.717, 1.165) is 0 Å². The van der Waals surface area contributed by atoms with Crippen molar-refractivity contribution in [1.29, 1.82) is 0 Å². The normalized spacial score (nSPS) is 14.5. The predicted molar refractivity (Wildman–Crippen MR) is 77.4 cm³/mol. The van der Waals surface area contributed by atoms with Crippen LogP contribution in [0.15, 0.2) is 0 Å². The lowest BCUT2D eigenvalue weighted by Gasteiger charge is -2.24. The molecule has 0 aliphatic carbocycles. The molecule has 1 amide bonds. The van der Waals surface area contributed by atoms with E-state index in [1.807, 2.05) is 5.32 Å². The molecule has 0 heterocycles. The summed E-state index contributed by atoms with van der Waals surface area (Å²) in [6.07, 6.45) is -2.94. The van der Waals surface area contributed by atoms with E-state index in [9.17, 15) is 22.8 Å². The van der Waals surface area contributed by atoms with Gasteiger partial charge < -0.3 is 19.9 Å². The van der Waals surface area contributed by atoms with Crippen LogP contribution in [0.2, 0.25) is 0 Å². The predicted octanol–water partition coefficient (Wildman–Crippen LogP) is 0.174. The quantitative estimate of drug-likeness (QED) is 0.428. The molecule has 0 aliphatic rings. The molecule has 0 aromatic carbocycles. The summed E-state index contributed by atoms with van der Waals surface area (Å²) < 4.78 is 39.2. The number of carboxylic acids is 1. The van der Waals surface area contributed by atoms with Gasteiger partial charge in [-0.25, -0.2) is 9.59 Å². The Morgan fingerprint density at radius 1 is 1.22 bits per heavy atom. The third-order valence-electron chi connectivity index (χ3n) is 2.29. The first kappa shape index (κ1) is 21.1. The van der Waals surface area contributed by atoms with Crippen molar-refractivity contribution in [3.63, 3.8) is 0 Å². The Morgan fingerprint density at radius 3 is 2.13 bits per heavy atom. The average molecular weight is 355 g/mol. The topological polar surface area (TPSA) is 156 Å². The maximum Gasteiger partial charge on any atom is 0.408 e. The van der Waals surface area contributed by atoms with Gasteiger partial charge in [-0.05, 0) is 27.7 Å². The molecule has 10 nitrogen and oxygen atoms in total. The largest absolute Gasteiger partial charge is 0.480 e. The zero-order valence-electron chi connectivity index (χ0n) is 13.2. The Morgan fingerprint density at radius 2 is 1.74 bits per heavy atom. The van der Waals surface area contributed by atoms with Gasteiger partial charge in [0.1, 0.15) is 11.7 Å². The summed E-state index contributed by atoms with van der Waals surface area (Å²) in [6.45, 7) is 5.96. The van der Waals surface area contributed by atoms with Crippen LogP contribution >= 0.6 is 0 Å². The number of rotatable bonds is 7. The van der Waals surface area contributed by atoms with Crippen LogP contribution in [-0.4, -0.2) is 59.6 Å². The lowest BCUT2D eigenvalue weighted by Crippen LogP contribution is -2.50. The van der Waals surface area contributed by atoms with Crippen molar-refractivity contribution in [2.75, 3.05) is 5.75 Å². The molecule has 0 aliphatic heterocycles. The van der Waals surface area contributed by atoms with Crippen molar-refractivity contribution >= 4 is 28.1 Å². The number of esters is 1. The highest BCUT2D eigenvalue weighted by Gasteiger charge is 2.31. The van der Waals surface area contributed by atoms with E-state index in [-0.39, 0.29) is 0 Å². The zero-order chi connectivity index (χ0) is 18.4. The van der Waals surface area contributed by atoms with Gasteiger partial charge in [0, 0.05) is 0 Å². The van der Waals surface area contributed by atoms with Crippen LogP contribution in [0, 0.1) is 0 Å². The molecule has 0 aromatic rings. The van der Waals surface area contributed by atoms with Crippen molar-refractivity contribution in [1.82, 2.24) is 5.32 Å². The lowest BCUT2D eigenvalue weighted by molar-refractivity contribution is -0.154. The molecule has 2 atom stereocenters. The molecule has 0 spiro atoms. The van der Waals surface area contributed by atoms with Gasteiger partial charge in [-0.3, -0.25) is 9.35 Å². The number of carboxylic acid groups (broad SMARTS) is 1. The highest BCUT2D eigenvalue weighted by molar-refractivity contribution is 7.85.